The molecule has 0 saturated carbocycles. The molecule has 24 heavy (non-hydrogen) atoms. The summed E-state index contributed by atoms with van der Waals surface area (Å²) in [6.07, 6.45) is 0.900. The maximum atomic E-state index is 12.1. The van der Waals surface area contributed by atoms with Gasteiger partial charge >= 0.3 is 0 Å². The van der Waals surface area contributed by atoms with E-state index in [1.807, 2.05) is 24.3 Å². The minimum atomic E-state index is -0.329. The SMILES string of the molecule is CCc1cccc(OCC(=O)Nc2ccccc2NC(=O)CN)c1. The standard InChI is InChI=1S/C18H21N3O3/c1-2-13-6-5-7-14(10-13)24-12-18(23)21-16-9-4-3-8-15(16)20-17(22)11-19/h3-10H,2,11-12,19H2,1H3,(H,20,22)(H,21,23). The van der Waals surface area contributed by atoms with Crippen molar-refractivity contribution < 1.29 is 14.3 Å². The molecule has 0 unspecified atom stereocenters. The second kappa shape index (κ2) is 8.69. The molecule has 0 heterocycles. The zero-order valence-corrected chi connectivity index (χ0v) is 13.5. The molecule has 0 spiro atoms. The van der Waals surface area contributed by atoms with Crippen molar-refractivity contribution in [1.82, 2.24) is 0 Å². The fourth-order valence-corrected chi connectivity index (χ4v) is 2.09. The molecule has 0 atom stereocenters. The number of para-hydroxylation sites is 2. The lowest BCUT2D eigenvalue weighted by atomic mass is 10.2. The first-order chi connectivity index (χ1) is 11.6. The van der Waals surface area contributed by atoms with Crippen molar-refractivity contribution in [3.8, 4) is 5.75 Å². The van der Waals surface area contributed by atoms with Crippen molar-refractivity contribution >= 4 is 23.2 Å². The minimum Gasteiger partial charge on any atom is -0.484 e. The van der Waals surface area contributed by atoms with Gasteiger partial charge in [-0.1, -0.05) is 31.2 Å². The summed E-state index contributed by atoms with van der Waals surface area (Å²) in [6, 6.07) is 14.5. The van der Waals surface area contributed by atoms with E-state index in [1.54, 1.807) is 24.3 Å². The van der Waals surface area contributed by atoms with Gasteiger partial charge in [0.1, 0.15) is 5.75 Å². The van der Waals surface area contributed by atoms with Gasteiger partial charge in [-0.2, -0.15) is 0 Å². The van der Waals surface area contributed by atoms with Crippen LogP contribution in [0.5, 0.6) is 5.75 Å². The third kappa shape index (κ3) is 5.10. The summed E-state index contributed by atoms with van der Waals surface area (Å²) in [7, 11) is 0. The maximum absolute atomic E-state index is 12.1. The Kier molecular flexibility index (Phi) is 6.33. The van der Waals surface area contributed by atoms with Gasteiger partial charge in [0, 0.05) is 0 Å². The van der Waals surface area contributed by atoms with E-state index in [-0.39, 0.29) is 25.0 Å². The molecule has 0 aliphatic heterocycles. The second-order valence-electron chi connectivity index (χ2n) is 5.14. The maximum Gasteiger partial charge on any atom is 0.262 e. The highest BCUT2D eigenvalue weighted by atomic mass is 16.5. The number of amides is 2. The van der Waals surface area contributed by atoms with Crippen molar-refractivity contribution in [2.24, 2.45) is 5.73 Å². The lowest BCUT2D eigenvalue weighted by molar-refractivity contribution is -0.118. The molecule has 6 heteroatoms. The average molecular weight is 327 g/mol. The summed E-state index contributed by atoms with van der Waals surface area (Å²) in [5.74, 6) is 0.00454. The number of rotatable bonds is 7. The number of benzene rings is 2. The number of carbonyl (C=O) groups is 2. The van der Waals surface area contributed by atoms with Gasteiger partial charge < -0.3 is 21.1 Å². The molecule has 126 valence electrons. The molecular weight excluding hydrogens is 306 g/mol. The predicted octanol–water partition coefficient (Wildman–Crippen LogP) is 2.16. The molecule has 6 nitrogen and oxygen atoms in total. The first kappa shape index (κ1) is 17.5. The van der Waals surface area contributed by atoms with E-state index < -0.39 is 0 Å². The van der Waals surface area contributed by atoms with Crippen molar-refractivity contribution in [2.75, 3.05) is 23.8 Å². The number of nitrogens with two attached hydrogens (primary N) is 1. The Bertz CT molecular complexity index is 716. The van der Waals surface area contributed by atoms with Crippen molar-refractivity contribution in [3.63, 3.8) is 0 Å². The van der Waals surface area contributed by atoms with Gasteiger partial charge in [0.05, 0.1) is 17.9 Å². The van der Waals surface area contributed by atoms with Crippen LogP contribution in [0.15, 0.2) is 48.5 Å². The van der Waals surface area contributed by atoms with Crippen LogP contribution < -0.4 is 21.1 Å². The summed E-state index contributed by atoms with van der Waals surface area (Å²) < 4.78 is 5.51. The van der Waals surface area contributed by atoms with Crippen LogP contribution in [-0.4, -0.2) is 25.0 Å². The highest BCUT2D eigenvalue weighted by molar-refractivity contribution is 6.00. The Balaban J connectivity index is 1.96. The van der Waals surface area contributed by atoms with E-state index in [2.05, 4.69) is 17.6 Å². The Morgan fingerprint density at radius 3 is 2.29 bits per heavy atom. The Hall–Kier alpha value is -2.86. The quantitative estimate of drug-likeness (QED) is 0.726. The molecule has 0 aromatic heterocycles. The van der Waals surface area contributed by atoms with Crippen LogP contribution in [0.2, 0.25) is 0 Å². The highest BCUT2D eigenvalue weighted by Gasteiger charge is 2.09. The summed E-state index contributed by atoms with van der Waals surface area (Å²) in [4.78, 5) is 23.5. The van der Waals surface area contributed by atoms with Gasteiger partial charge in [-0.25, -0.2) is 0 Å². The summed E-state index contributed by atoms with van der Waals surface area (Å²) >= 11 is 0. The van der Waals surface area contributed by atoms with Crippen LogP contribution in [0.25, 0.3) is 0 Å². The largest absolute Gasteiger partial charge is 0.484 e. The van der Waals surface area contributed by atoms with Crippen LogP contribution in [0.1, 0.15) is 12.5 Å². The van der Waals surface area contributed by atoms with Crippen LogP contribution >= 0.6 is 0 Å². The summed E-state index contributed by atoms with van der Waals surface area (Å²) in [6.45, 7) is 1.81. The molecule has 2 aromatic rings. The van der Waals surface area contributed by atoms with E-state index in [1.165, 1.54) is 0 Å². The molecule has 0 radical (unpaired) electrons. The number of ether oxygens (including phenoxy) is 1. The smallest absolute Gasteiger partial charge is 0.262 e. The van der Waals surface area contributed by atoms with Crippen molar-refractivity contribution in [3.05, 3.63) is 54.1 Å². The second-order valence-corrected chi connectivity index (χ2v) is 5.14. The molecule has 4 N–H and O–H groups in total. The van der Waals surface area contributed by atoms with Gasteiger partial charge in [-0.05, 0) is 36.2 Å². The first-order valence-electron chi connectivity index (χ1n) is 7.73. The lowest BCUT2D eigenvalue weighted by Crippen LogP contribution is -2.24. The van der Waals surface area contributed by atoms with Gasteiger partial charge in [-0.3, -0.25) is 9.59 Å². The summed E-state index contributed by atoms with van der Waals surface area (Å²) in [5.41, 5.74) is 7.42. The number of carbonyl (C=O) groups excluding carboxylic acids is 2. The van der Waals surface area contributed by atoms with E-state index in [0.717, 1.165) is 12.0 Å². The number of hydrogen-bond acceptors (Lipinski definition) is 4. The molecule has 2 amide bonds. The predicted molar refractivity (Wildman–Crippen MR) is 94.1 cm³/mol. The van der Waals surface area contributed by atoms with Crippen LogP contribution in [-0.2, 0) is 16.0 Å². The fourth-order valence-electron chi connectivity index (χ4n) is 2.09. The van der Waals surface area contributed by atoms with Gasteiger partial charge in [-0.15, -0.1) is 0 Å². The zero-order chi connectivity index (χ0) is 17.4. The minimum absolute atomic E-state index is 0.119. The van der Waals surface area contributed by atoms with Gasteiger partial charge in [0.2, 0.25) is 5.91 Å². The Morgan fingerprint density at radius 2 is 1.67 bits per heavy atom. The number of nitrogens with one attached hydrogen (secondary N) is 2. The molecule has 2 aromatic carbocycles. The van der Waals surface area contributed by atoms with Gasteiger partial charge in [0.15, 0.2) is 6.61 Å². The van der Waals surface area contributed by atoms with Crippen molar-refractivity contribution in [1.29, 1.82) is 0 Å². The molecule has 0 bridgehead atoms. The van der Waals surface area contributed by atoms with E-state index in [0.29, 0.717) is 17.1 Å². The third-order valence-corrected chi connectivity index (χ3v) is 3.34. The molecule has 0 aliphatic carbocycles. The molecule has 0 fully saturated rings. The fraction of sp³-hybridized carbons (Fsp3) is 0.222. The number of aryl methyl sites for hydroxylation is 1. The molecule has 2 rings (SSSR count). The van der Waals surface area contributed by atoms with E-state index in [4.69, 9.17) is 10.5 Å². The van der Waals surface area contributed by atoms with E-state index >= 15 is 0 Å². The van der Waals surface area contributed by atoms with Gasteiger partial charge in [0.25, 0.3) is 5.91 Å². The van der Waals surface area contributed by atoms with E-state index in [9.17, 15) is 9.59 Å². The third-order valence-electron chi connectivity index (χ3n) is 3.34. The van der Waals surface area contributed by atoms with Crippen molar-refractivity contribution in [2.45, 2.75) is 13.3 Å². The Morgan fingerprint density at radius 1 is 1.00 bits per heavy atom. The zero-order valence-electron chi connectivity index (χ0n) is 13.5. The van der Waals surface area contributed by atoms with Crippen LogP contribution in [0.3, 0.4) is 0 Å². The lowest BCUT2D eigenvalue weighted by Gasteiger charge is -2.12. The number of hydrogen-bond donors (Lipinski definition) is 3. The average Bonchev–Trinajstić information content (AvgIpc) is 2.61. The highest BCUT2D eigenvalue weighted by Crippen LogP contribution is 2.21. The molecule has 0 aliphatic rings. The number of anilines is 2. The topological polar surface area (TPSA) is 93.5 Å². The summed E-state index contributed by atoms with van der Waals surface area (Å²) in [5, 5.41) is 5.35. The van der Waals surface area contributed by atoms with Crippen LogP contribution in [0.4, 0.5) is 11.4 Å². The monoisotopic (exact) mass is 327 g/mol. The van der Waals surface area contributed by atoms with Crippen LogP contribution in [0, 0.1) is 0 Å². The Labute approximate surface area is 141 Å². The molecular formula is C18H21N3O3. The normalized spacial score (nSPS) is 10.1. The first-order valence-corrected chi connectivity index (χ1v) is 7.73. The molecule has 0 saturated heterocycles.